The molecule has 3 aromatic rings. The van der Waals surface area contributed by atoms with Gasteiger partial charge in [0.1, 0.15) is 18.0 Å². The molecule has 0 bridgehead atoms. The Bertz CT molecular complexity index is 822. The van der Waals surface area contributed by atoms with Crippen LogP contribution in [-0.4, -0.2) is 26.0 Å². The summed E-state index contributed by atoms with van der Waals surface area (Å²) < 4.78 is 0. The monoisotopic (exact) mass is 321 g/mol. The van der Waals surface area contributed by atoms with Crippen molar-refractivity contribution in [2.24, 2.45) is 0 Å². The van der Waals surface area contributed by atoms with Crippen molar-refractivity contribution in [3.8, 4) is 0 Å². The number of aromatic carboxylic acids is 1. The number of hydrogen-bond acceptors (Lipinski definition) is 6. The molecule has 3 rings (SSSR count). The summed E-state index contributed by atoms with van der Waals surface area (Å²) in [5.41, 5.74) is 2.09. The second kappa shape index (κ2) is 7.19. The normalized spacial score (nSPS) is 10.2. The first-order chi connectivity index (χ1) is 11.7. The van der Waals surface area contributed by atoms with Gasteiger partial charge in [-0.2, -0.15) is 0 Å². The van der Waals surface area contributed by atoms with E-state index in [0.29, 0.717) is 18.2 Å². The Morgan fingerprint density at radius 3 is 2.42 bits per heavy atom. The highest BCUT2D eigenvalue weighted by molar-refractivity contribution is 5.88. The summed E-state index contributed by atoms with van der Waals surface area (Å²) in [6.45, 7) is 0.631. The molecule has 2 aromatic heterocycles. The van der Waals surface area contributed by atoms with E-state index in [0.717, 1.165) is 11.3 Å². The second-order valence-corrected chi connectivity index (χ2v) is 5.01. The number of carbonyl (C=O) groups is 1. The Morgan fingerprint density at radius 2 is 1.71 bits per heavy atom. The van der Waals surface area contributed by atoms with E-state index >= 15 is 0 Å². The fraction of sp³-hybridized carbons (Fsp3) is 0.0588. The predicted octanol–water partition coefficient (Wildman–Crippen LogP) is 2.93. The molecule has 0 amide bonds. The number of pyridine rings is 1. The minimum Gasteiger partial charge on any atom is -0.478 e. The lowest BCUT2D eigenvalue weighted by molar-refractivity contribution is 0.0697. The first-order valence-electron chi connectivity index (χ1n) is 7.26. The predicted molar refractivity (Wildman–Crippen MR) is 90.3 cm³/mol. The van der Waals surface area contributed by atoms with Crippen molar-refractivity contribution in [1.29, 1.82) is 0 Å². The molecule has 3 N–H and O–H groups in total. The minimum atomic E-state index is -0.953. The highest BCUT2D eigenvalue weighted by Crippen LogP contribution is 2.17. The first-order valence-corrected chi connectivity index (χ1v) is 7.26. The van der Waals surface area contributed by atoms with Crippen molar-refractivity contribution in [2.45, 2.75) is 6.54 Å². The van der Waals surface area contributed by atoms with Crippen LogP contribution >= 0.6 is 0 Å². The third-order valence-electron chi connectivity index (χ3n) is 3.29. The van der Waals surface area contributed by atoms with Gasteiger partial charge in [0.05, 0.1) is 5.56 Å². The van der Waals surface area contributed by atoms with Gasteiger partial charge in [0.2, 0.25) is 0 Å². The Morgan fingerprint density at radius 1 is 1.00 bits per heavy atom. The number of rotatable bonds is 6. The molecule has 1 aromatic carbocycles. The fourth-order valence-corrected chi connectivity index (χ4v) is 2.06. The van der Waals surface area contributed by atoms with Gasteiger partial charge >= 0.3 is 5.97 Å². The number of carboxylic acid groups (broad SMARTS) is 1. The van der Waals surface area contributed by atoms with Crippen LogP contribution in [0.2, 0.25) is 0 Å². The molecule has 2 heterocycles. The zero-order chi connectivity index (χ0) is 16.8. The molecule has 0 saturated carbocycles. The van der Waals surface area contributed by atoms with E-state index < -0.39 is 5.97 Å². The maximum absolute atomic E-state index is 10.9. The summed E-state index contributed by atoms with van der Waals surface area (Å²) in [6.07, 6.45) is 4.94. The van der Waals surface area contributed by atoms with Crippen molar-refractivity contribution in [3.05, 3.63) is 72.3 Å². The number of nitrogens with one attached hydrogen (secondary N) is 2. The zero-order valence-corrected chi connectivity index (χ0v) is 12.7. The zero-order valence-electron chi connectivity index (χ0n) is 12.7. The van der Waals surface area contributed by atoms with Crippen LogP contribution < -0.4 is 10.6 Å². The van der Waals surface area contributed by atoms with Crippen molar-refractivity contribution in [3.63, 3.8) is 0 Å². The van der Waals surface area contributed by atoms with Crippen LogP contribution in [0, 0.1) is 0 Å². The summed E-state index contributed by atoms with van der Waals surface area (Å²) in [6, 6.07) is 12.1. The highest BCUT2D eigenvalue weighted by Gasteiger charge is 2.03. The molecule has 0 spiro atoms. The third-order valence-corrected chi connectivity index (χ3v) is 3.29. The number of hydrogen-bond donors (Lipinski definition) is 3. The lowest BCUT2D eigenvalue weighted by atomic mass is 10.2. The van der Waals surface area contributed by atoms with Gasteiger partial charge in [-0.3, -0.25) is 4.98 Å². The summed E-state index contributed by atoms with van der Waals surface area (Å²) in [4.78, 5) is 23.2. The molecule has 0 fully saturated rings. The molecule has 24 heavy (non-hydrogen) atoms. The average Bonchev–Trinajstić information content (AvgIpc) is 2.62. The number of carboxylic acids is 1. The number of anilines is 3. The second-order valence-electron chi connectivity index (χ2n) is 5.01. The van der Waals surface area contributed by atoms with E-state index in [1.807, 2.05) is 12.1 Å². The van der Waals surface area contributed by atoms with Crippen LogP contribution in [0.25, 0.3) is 0 Å². The van der Waals surface area contributed by atoms with Gasteiger partial charge in [0.25, 0.3) is 0 Å². The fourth-order valence-electron chi connectivity index (χ4n) is 2.06. The molecule has 7 heteroatoms. The minimum absolute atomic E-state index is 0.239. The van der Waals surface area contributed by atoms with Gasteiger partial charge in [-0.1, -0.05) is 0 Å². The summed E-state index contributed by atoms with van der Waals surface area (Å²) in [5, 5.41) is 15.2. The molecule has 0 radical (unpaired) electrons. The van der Waals surface area contributed by atoms with Crippen LogP contribution in [0.3, 0.4) is 0 Å². The Labute approximate surface area is 138 Å². The van der Waals surface area contributed by atoms with Crippen LogP contribution in [0.4, 0.5) is 17.3 Å². The van der Waals surface area contributed by atoms with Crippen molar-refractivity contribution >= 4 is 23.3 Å². The summed E-state index contributed by atoms with van der Waals surface area (Å²) in [7, 11) is 0. The van der Waals surface area contributed by atoms with Gasteiger partial charge in [0.15, 0.2) is 0 Å². The van der Waals surface area contributed by atoms with E-state index in [1.54, 1.807) is 30.6 Å². The van der Waals surface area contributed by atoms with E-state index in [2.05, 4.69) is 25.6 Å². The van der Waals surface area contributed by atoms with Gasteiger partial charge in [0, 0.05) is 30.7 Å². The van der Waals surface area contributed by atoms with Crippen molar-refractivity contribution in [1.82, 2.24) is 15.0 Å². The molecule has 0 aliphatic rings. The third kappa shape index (κ3) is 4.04. The van der Waals surface area contributed by atoms with Crippen molar-refractivity contribution < 1.29 is 9.90 Å². The van der Waals surface area contributed by atoms with Crippen molar-refractivity contribution in [2.75, 3.05) is 10.6 Å². The molecule has 0 atom stereocenters. The Hall–Kier alpha value is -3.48. The summed E-state index contributed by atoms with van der Waals surface area (Å²) in [5.74, 6) is 0.350. The Balaban J connectivity index is 1.65. The quantitative estimate of drug-likeness (QED) is 0.642. The molecule has 0 unspecified atom stereocenters. The lowest BCUT2D eigenvalue weighted by Gasteiger charge is -2.09. The average molecular weight is 321 g/mol. The van der Waals surface area contributed by atoms with E-state index in [-0.39, 0.29) is 5.56 Å². The number of aromatic nitrogens is 3. The van der Waals surface area contributed by atoms with Gasteiger partial charge in [-0.15, -0.1) is 0 Å². The SMILES string of the molecule is O=C(O)c1ccc(Nc2cc(NCc3ccncc3)ncn2)cc1. The largest absolute Gasteiger partial charge is 0.478 e. The molecule has 120 valence electrons. The van der Waals surface area contributed by atoms with E-state index in [1.165, 1.54) is 18.5 Å². The molecular weight excluding hydrogens is 306 g/mol. The highest BCUT2D eigenvalue weighted by atomic mass is 16.4. The number of nitrogens with zero attached hydrogens (tertiary/aromatic N) is 3. The first kappa shape index (κ1) is 15.4. The van der Waals surface area contributed by atoms with Crippen LogP contribution in [0.5, 0.6) is 0 Å². The maximum Gasteiger partial charge on any atom is 0.335 e. The van der Waals surface area contributed by atoms with Gasteiger partial charge in [-0.25, -0.2) is 14.8 Å². The Kier molecular flexibility index (Phi) is 4.62. The smallest absolute Gasteiger partial charge is 0.335 e. The van der Waals surface area contributed by atoms with Gasteiger partial charge in [-0.05, 0) is 42.0 Å². The molecular formula is C17H15N5O2. The van der Waals surface area contributed by atoms with Crippen LogP contribution in [-0.2, 0) is 6.54 Å². The topological polar surface area (TPSA) is 100 Å². The van der Waals surface area contributed by atoms with Gasteiger partial charge < -0.3 is 15.7 Å². The van der Waals surface area contributed by atoms with Crippen LogP contribution in [0.15, 0.2) is 61.2 Å². The molecule has 7 nitrogen and oxygen atoms in total. The molecule has 0 aliphatic heterocycles. The standard InChI is InChI=1S/C17H15N5O2/c23-17(24)13-1-3-14(4-2-13)22-16-9-15(20-11-21-16)19-10-12-5-7-18-8-6-12/h1-9,11H,10H2,(H,23,24)(H2,19,20,21,22). The van der Waals surface area contributed by atoms with Crippen LogP contribution in [0.1, 0.15) is 15.9 Å². The molecule has 0 saturated heterocycles. The maximum atomic E-state index is 10.9. The molecule has 0 aliphatic carbocycles. The summed E-state index contributed by atoms with van der Waals surface area (Å²) >= 11 is 0. The lowest BCUT2D eigenvalue weighted by Crippen LogP contribution is -2.03. The van der Waals surface area contributed by atoms with E-state index in [4.69, 9.17) is 5.11 Å². The number of benzene rings is 1. The van der Waals surface area contributed by atoms with E-state index in [9.17, 15) is 4.79 Å².